The van der Waals surface area contributed by atoms with Crippen molar-refractivity contribution in [3.8, 4) is 0 Å². The number of benzene rings is 1. The third kappa shape index (κ3) is 3.10. The summed E-state index contributed by atoms with van der Waals surface area (Å²) in [6, 6.07) is 10.3. The number of likely N-dealkylation sites (N-methyl/N-ethyl adjacent to an activating group) is 1. The van der Waals surface area contributed by atoms with Crippen molar-refractivity contribution in [3.05, 3.63) is 35.9 Å². The Morgan fingerprint density at radius 3 is 2.39 bits per heavy atom. The Kier molecular flexibility index (Phi) is 4.37. The molecule has 0 radical (unpaired) electrons. The molecule has 1 aromatic rings. The van der Waals surface area contributed by atoms with Gasteiger partial charge >= 0.3 is 0 Å². The van der Waals surface area contributed by atoms with Crippen LogP contribution in [0.2, 0.25) is 0 Å². The van der Waals surface area contributed by atoms with E-state index in [1.807, 2.05) is 30.3 Å². The van der Waals surface area contributed by atoms with E-state index in [1.165, 1.54) is 0 Å². The Morgan fingerprint density at radius 2 is 1.89 bits per heavy atom. The van der Waals surface area contributed by atoms with Crippen molar-refractivity contribution in [2.45, 2.75) is 38.8 Å². The van der Waals surface area contributed by atoms with Gasteiger partial charge in [-0.25, -0.2) is 0 Å². The molecule has 1 unspecified atom stereocenters. The van der Waals surface area contributed by atoms with Crippen molar-refractivity contribution in [2.75, 3.05) is 13.1 Å². The van der Waals surface area contributed by atoms with Crippen LogP contribution in [0, 0.1) is 0 Å². The predicted octanol–water partition coefficient (Wildman–Crippen LogP) is 2.35. The van der Waals surface area contributed by atoms with Crippen LogP contribution >= 0.6 is 0 Å². The normalized spacial score (nSPS) is 16.6. The van der Waals surface area contributed by atoms with E-state index in [0.29, 0.717) is 6.04 Å². The summed E-state index contributed by atoms with van der Waals surface area (Å²) in [5.74, 6) is 0.146. The maximum absolute atomic E-state index is 12.4. The van der Waals surface area contributed by atoms with E-state index in [0.717, 1.165) is 31.5 Å². The van der Waals surface area contributed by atoms with E-state index in [2.05, 4.69) is 24.1 Å². The highest BCUT2D eigenvalue weighted by atomic mass is 16.2. The molecule has 1 aliphatic rings. The van der Waals surface area contributed by atoms with Crippen LogP contribution in [0.1, 0.15) is 38.3 Å². The Hall–Kier alpha value is -1.35. The van der Waals surface area contributed by atoms with Gasteiger partial charge in [0, 0.05) is 6.04 Å². The second-order valence-electron chi connectivity index (χ2n) is 4.82. The number of hydrogen-bond donors (Lipinski definition) is 1. The van der Waals surface area contributed by atoms with Gasteiger partial charge in [-0.15, -0.1) is 0 Å². The highest BCUT2D eigenvalue weighted by molar-refractivity contribution is 5.83. The fourth-order valence-electron chi connectivity index (χ4n) is 2.26. The first-order valence-electron chi connectivity index (χ1n) is 6.85. The van der Waals surface area contributed by atoms with Crippen LogP contribution in [-0.2, 0) is 4.79 Å². The molecule has 0 aromatic heterocycles. The molecule has 3 nitrogen and oxygen atoms in total. The Balaban J connectivity index is 2.18. The third-order valence-electron chi connectivity index (χ3n) is 3.46. The molecule has 2 rings (SSSR count). The monoisotopic (exact) mass is 246 g/mol. The van der Waals surface area contributed by atoms with Crippen LogP contribution in [0.25, 0.3) is 0 Å². The molecule has 0 aliphatic heterocycles. The van der Waals surface area contributed by atoms with Gasteiger partial charge in [-0.2, -0.15) is 0 Å². The first-order valence-corrected chi connectivity index (χ1v) is 6.85. The summed E-state index contributed by atoms with van der Waals surface area (Å²) < 4.78 is 0. The maximum Gasteiger partial charge on any atom is 0.242 e. The van der Waals surface area contributed by atoms with Crippen molar-refractivity contribution in [3.63, 3.8) is 0 Å². The molecular weight excluding hydrogens is 224 g/mol. The van der Waals surface area contributed by atoms with E-state index in [-0.39, 0.29) is 11.9 Å². The Morgan fingerprint density at radius 1 is 1.28 bits per heavy atom. The summed E-state index contributed by atoms with van der Waals surface area (Å²) in [7, 11) is 0. The van der Waals surface area contributed by atoms with Gasteiger partial charge in [-0.3, -0.25) is 9.69 Å². The van der Waals surface area contributed by atoms with Crippen LogP contribution in [-0.4, -0.2) is 29.9 Å². The number of carbonyl (C=O) groups excluding carboxylic acids is 1. The zero-order valence-electron chi connectivity index (χ0n) is 11.2. The topological polar surface area (TPSA) is 32.3 Å². The lowest BCUT2D eigenvalue weighted by Crippen LogP contribution is -2.41. The van der Waals surface area contributed by atoms with Gasteiger partial charge in [0.1, 0.15) is 6.04 Å². The predicted molar refractivity (Wildman–Crippen MR) is 73.3 cm³/mol. The Bertz CT molecular complexity index is 383. The SMILES string of the molecule is CCN(CC)C(C(=O)NC1CC1)c1ccccc1. The first kappa shape index (κ1) is 13.1. The average Bonchev–Trinajstić information content (AvgIpc) is 3.20. The number of rotatable bonds is 6. The second-order valence-corrected chi connectivity index (χ2v) is 4.82. The van der Waals surface area contributed by atoms with Crippen LogP contribution in [0.4, 0.5) is 0 Å². The molecule has 1 aliphatic carbocycles. The Labute approximate surface area is 109 Å². The minimum Gasteiger partial charge on any atom is -0.352 e. The van der Waals surface area contributed by atoms with Gasteiger partial charge < -0.3 is 5.32 Å². The first-order chi connectivity index (χ1) is 8.76. The molecule has 0 bridgehead atoms. The third-order valence-corrected chi connectivity index (χ3v) is 3.46. The molecule has 3 heteroatoms. The summed E-state index contributed by atoms with van der Waals surface area (Å²) in [5.41, 5.74) is 1.08. The molecule has 18 heavy (non-hydrogen) atoms. The lowest BCUT2D eigenvalue weighted by molar-refractivity contribution is -0.126. The minimum absolute atomic E-state index is 0.146. The van der Waals surface area contributed by atoms with Crippen LogP contribution in [0.3, 0.4) is 0 Å². The van der Waals surface area contributed by atoms with Crippen molar-refractivity contribution in [1.82, 2.24) is 10.2 Å². The number of amides is 1. The minimum atomic E-state index is -0.151. The van der Waals surface area contributed by atoms with Crippen molar-refractivity contribution in [1.29, 1.82) is 0 Å². The van der Waals surface area contributed by atoms with E-state index >= 15 is 0 Å². The maximum atomic E-state index is 12.4. The molecule has 1 amide bonds. The largest absolute Gasteiger partial charge is 0.352 e. The van der Waals surface area contributed by atoms with E-state index < -0.39 is 0 Å². The molecular formula is C15H22N2O. The summed E-state index contributed by atoms with van der Waals surface area (Å²) >= 11 is 0. The van der Waals surface area contributed by atoms with Gasteiger partial charge in [0.15, 0.2) is 0 Å². The quantitative estimate of drug-likeness (QED) is 0.835. The number of hydrogen-bond acceptors (Lipinski definition) is 2. The van der Waals surface area contributed by atoms with Crippen LogP contribution < -0.4 is 5.32 Å². The standard InChI is InChI=1S/C15H22N2O/c1-3-17(4-2)14(12-8-6-5-7-9-12)15(18)16-13-10-11-13/h5-9,13-14H,3-4,10-11H2,1-2H3,(H,16,18). The van der Waals surface area contributed by atoms with E-state index in [1.54, 1.807) is 0 Å². The lowest BCUT2D eigenvalue weighted by Gasteiger charge is -2.29. The molecule has 0 heterocycles. The average molecular weight is 246 g/mol. The van der Waals surface area contributed by atoms with Crippen LogP contribution in [0.15, 0.2) is 30.3 Å². The van der Waals surface area contributed by atoms with E-state index in [4.69, 9.17) is 0 Å². The molecule has 1 N–H and O–H groups in total. The van der Waals surface area contributed by atoms with Crippen molar-refractivity contribution < 1.29 is 4.79 Å². The van der Waals surface area contributed by atoms with Gasteiger partial charge in [-0.05, 0) is 31.5 Å². The highest BCUT2D eigenvalue weighted by Crippen LogP contribution is 2.24. The molecule has 98 valence electrons. The summed E-state index contributed by atoms with van der Waals surface area (Å²) in [6.07, 6.45) is 2.26. The molecule has 1 atom stereocenters. The zero-order chi connectivity index (χ0) is 13.0. The van der Waals surface area contributed by atoms with Crippen molar-refractivity contribution in [2.24, 2.45) is 0 Å². The number of carbonyl (C=O) groups is 1. The fourth-order valence-corrected chi connectivity index (χ4v) is 2.26. The lowest BCUT2D eigenvalue weighted by atomic mass is 10.0. The van der Waals surface area contributed by atoms with E-state index in [9.17, 15) is 4.79 Å². The van der Waals surface area contributed by atoms with Gasteiger partial charge in [-0.1, -0.05) is 44.2 Å². The smallest absolute Gasteiger partial charge is 0.242 e. The van der Waals surface area contributed by atoms with Crippen LogP contribution in [0.5, 0.6) is 0 Å². The highest BCUT2D eigenvalue weighted by Gasteiger charge is 2.30. The molecule has 0 saturated heterocycles. The summed E-state index contributed by atoms with van der Waals surface area (Å²) in [5, 5.41) is 3.12. The molecule has 1 aromatic carbocycles. The fraction of sp³-hybridized carbons (Fsp3) is 0.533. The van der Waals surface area contributed by atoms with Gasteiger partial charge in [0.2, 0.25) is 5.91 Å². The number of nitrogens with one attached hydrogen (secondary N) is 1. The van der Waals surface area contributed by atoms with Crippen molar-refractivity contribution >= 4 is 5.91 Å². The molecule has 0 spiro atoms. The van der Waals surface area contributed by atoms with Gasteiger partial charge in [0.25, 0.3) is 0 Å². The second kappa shape index (κ2) is 6.01. The van der Waals surface area contributed by atoms with Gasteiger partial charge in [0.05, 0.1) is 0 Å². The molecule has 1 saturated carbocycles. The summed E-state index contributed by atoms with van der Waals surface area (Å²) in [6.45, 7) is 5.97. The number of nitrogens with zero attached hydrogens (tertiary/aromatic N) is 1. The summed E-state index contributed by atoms with van der Waals surface area (Å²) in [4.78, 5) is 14.6. The molecule has 1 fully saturated rings. The zero-order valence-corrected chi connectivity index (χ0v) is 11.2.